The van der Waals surface area contributed by atoms with Gasteiger partial charge in [-0.15, -0.1) is 0 Å². The number of hydrogen-bond acceptors (Lipinski definition) is 6. The number of fused-ring (bicyclic) bond motifs is 2. The molecule has 3 aliphatic rings. The molecule has 3 amide bonds. The van der Waals surface area contributed by atoms with Crippen LogP contribution in [0.5, 0.6) is 0 Å². The summed E-state index contributed by atoms with van der Waals surface area (Å²) in [6.45, 7) is 6.39. The Morgan fingerprint density at radius 2 is 1.73 bits per heavy atom. The smallest absolute Gasteiger partial charge is 0.264 e. The van der Waals surface area contributed by atoms with Gasteiger partial charge in [-0.05, 0) is 61.8 Å². The molecule has 5 atom stereocenters. The minimum absolute atomic E-state index is 0.00990. The Balaban J connectivity index is 1.40. The first-order valence-electron chi connectivity index (χ1n) is 15.7. The summed E-state index contributed by atoms with van der Waals surface area (Å²) >= 11 is 0. The molecule has 2 saturated heterocycles. The molecule has 3 aliphatic heterocycles. The van der Waals surface area contributed by atoms with Gasteiger partial charge in [0, 0.05) is 34.8 Å². The second-order valence-corrected chi connectivity index (χ2v) is 17.0. The van der Waals surface area contributed by atoms with E-state index in [9.17, 15) is 24.3 Å². The molecule has 0 aromatic heterocycles. The van der Waals surface area contributed by atoms with Crippen molar-refractivity contribution in [3.8, 4) is 0 Å². The lowest BCUT2D eigenvalue weighted by Gasteiger charge is -2.33. The van der Waals surface area contributed by atoms with E-state index < -0.39 is 31.5 Å². The maximum atomic E-state index is 14.7. The van der Waals surface area contributed by atoms with Gasteiger partial charge >= 0.3 is 0 Å². The molecule has 6 rings (SSSR count). The van der Waals surface area contributed by atoms with Crippen LogP contribution in [-0.2, 0) is 26.5 Å². The number of nitrogens with zero attached hydrogens (tertiary/aromatic N) is 2. The molecule has 3 aromatic carbocycles. The summed E-state index contributed by atoms with van der Waals surface area (Å²) in [4.78, 5) is 56.5. The summed E-state index contributed by atoms with van der Waals surface area (Å²) in [7, 11) is -2.99. The van der Waals surface area contributed by atoms with Gasteiger partial charge < -0.3 is 29.8 Å². The van der Waals surface area contributed by atoms with Crippen LogP contribution >= 0.6 is 0 Å². The molecule has 0 unspecified atom stereocenters. The van der Waals surface area contributed by atoms with Crippen LogP contribution in [0.3, 0.4) is 0 Å². The molecule has 2 fully saturated rings. The minimum atomic E-state index is -2.99. The number of carbonyl (C=O) groups is 3. The van der Waals surface area contributed by atoms with E-state index >= 15 is 0 Å². The largest absolute Gasteiger partial charge is 0.432 e. The van der Waals surface area contributed by atoms with Crippen LogP contribution in [0.4, 0.5) is 11.4 Å². The van der Waals surface area contributed by atoms with Crippen molar-refractivity contribution in [3.63, 3.8) is 0 Å². The number of hydrogen-bond donors (Lipinski definition) is 3. The van der Waals surface area contributed by atoms with Crippen LogP contribution in [0.15, 0.2) is 78.9 Å². The van der Waals surface area contributed by atoms with Gasteiger partial charge in [0.05, 0.1) is 37.4 Å². The molecule has 0 bridgehead atoms. The predicted octanol–water partition coefficient (Wildman–Crippen LogP) is 4.66. The lowest BCUT2D eigenvalue weighted by atomic mass is 9.82. The number of amides is 3. The Hall–Kier alpha value is -3.83. The normalized spacial score (nSPS) is 26.0. The highest BCUT2D eigenvalue weighted by Crippen LogP contribution is 2.60. The molecule has 3 N–H and O–H groups in total. The number of likely N-dealkylation sites (tertiary alicyclic amines) is 1. The van der Waals surface area contributed by atoms with Crippen LogP contribution in [0, 0.1) is 5.92 Å². The average Bonchev–Trinajstić information content (AvgIpc) is 3.68. The zero-order chi connectivity index (χ0) is 31.9. The number of carbonyl (C=O) groups excluding carboxylic acids is 3. The molecule has 0 radical (unpaired) electrons. The molecule has 9 nitrogen and oxygen atoms in total. The van der Waals surface area contributed by atoms with Gasteiger partial charge in [0.15, 0.2) is 13.9 Å². The van der Waals surface area contributed by atoms with Crippen LogP contribution in [0.1, 0.15) is 47.7 Å². The Bertz CT molecular complexity index is 1580. The Morgan fingerprint density at radius 1 is 1.04 bits per heavy atom. The summed E-state index contributed by atoms with van der Waals surface area (Å²) in [5, 5.41) is 12.8. The molecule has 3 heterocycles. The van der Waals surface area contributed by atoms with E-state index in [0.29, 0.717) is 35.6 Å². The third-order valence-corrected chi connectivity index (χ3v) is 12.2. The number of anilines is 2. The van der Waals surface area contributed by atoms with Gasteiger partial charge in [-0.1, -0.05) is 55.5 Å². The molecule has 0 saturated carbocycles. The highest BCUT2D eigenvalue weighted by molar-refractivity contribution is 6.71. The van der Waals surface area contributed by atoms with Crippen molar-refractivity contribution in [2.75, 3.05) is 23.4 Å². The summed E-state index contributed by atoms with van der Waals surface area (Å²) in [5.74, 6) is -1.11. The van der Waals surface area contributed by atoms with Crippen LogP contribution in [-0.4, -0.2) is 66.1 Å². The van der Waals surface area contributed by atoms with E-state index in [2.05, 4.69) is 5.32 Å². The molecule has 1 spiro atoms. The zero-order valence-electron chi connectivity index (χ0n) is 26.0. The van der Waals surface area contributed by atoms with Gasteiger partial charge in [0.2, 0.25) is 5.91 Å². The van der Waals surface area contributed by atoms with Crippen molar-refractivity contribution >= 4 is 37.4 Å². The first-order chi connectivity index (χ1) is 21.5. The van der Waals surface area contributed by atoms with E-state index in [-0.39, 0.29) is 36.8 Å². The molecule has 236 valence electrons. The maximum absolute atomic E-state index is 14.7. The monoisotopic (exact) mass is 627 g/mol. The molecular weight excluding hydrogens is 586 g/mol. The average molecular weight is 628 g/mol. The fraction of sp³-hybridized carbons (Fsp3) is 0.400. The summed E-state index contributed by atoms with van der Waals surface area (Å²) < 4.78 is 6.87. The van der Waals surface area contributed by atoms with E-state index in [0.717, 1.165) is 18.4 Å². The van der Waals surface area contributed by atoms with Crippen molar-refractivity contribution < 1.29 is 29.0 Å². The van der Waals surface area contributed by atoms with Crippen LogP contribution in [0.2, 0.25) is 18.6 Å². The number of aliphatic hydroxyl groups is 1. The summed E-state index contributed by atoms with van der Waals surface area (Å²) in [6, 6.07) is 23.8. The standard InChI is InChI=1S/C35H41N3O6Si/c1-23-32(45(2,3)43)30(20-31(40)37-18-10-15-27(37)22-39)44-35(23)28-19-26(36-33(41)25-13-8-5-9-14-25)16-17-29(28)38(34(35)42)21-24-11-6-4-7-12-24/h4-9,11-14,16-17,19,23,27,30,32,39,43H,10,15,18,20-22H2,1-3H3,(H,36,41)/t23-,27+,30+,32-,35+/m1/s1. The second-order valence-electron chi connectivity index (χ2n) is 13.1. The first-order valence-corrected chi connectivity index (χ1v) is 18.7. The molecule has 3 aromatic rings. The Morgan fingerprint density at radius 3 is 2.40 bits per heavy atom. The van der Waals surface area contributed by atoms with E-state index in [1.165, 1.54) is 0 Å². The van der Waals surface area contributed by atoms with Crippen molar-refractivity contribution in [1.82, 2.24) is 4.90 Å². The van der Waals surface area contributed by atoms with Gasteiger partial charge in [-0.3, -0.25) is 14.4 Å². The highest BCUT2D eigenvalue weighted by Gasteiger charge is 2.66. The first kappa shape index (κ1) is 31.2. The fourth-order valence-electron chi connectivity index (χ4n) is 7.71. The quantitative estimate of drug-likeness (QED) is 0.313. The lowest BCUT2D eigenvalue weighted by molar-refractivity contribution is -0.150. The zero-order valence-corrected chi connectivity index (χ0v) is 27.0. The molecule has 10 heteroatoms. The maximum Gasteiger partial charge on any atom is 0.264 e. The lowest BCUT2D eigenvalue weighted by Crippen LogP contribution is -2.46. The molecule has 45 heavy (non-hydrogen) atoms. The number of rotatable bonds is 8. The highest BCUT2D eigenvalue weighted by atomic mass is 28.4. The van der Waals surface area contributed by atoms with E-state index in [4.69, 9.17) is 4.74 Å². The van der Waals surface area contributed by atoms with Crippen LogP contribution in [0.25, 0.3) is 0 Å². The van der Waals surface area contributed by atoms with Gasteiger partial charge in [0.1, 0.15) is 0 Å². The summed E-state index contributed by atoms with van der Waals surface area (Å²) in [5.41, 5.74) is 1.40. The number of nitrogens with one attached hydrogen (secondary N) is 1. The summed E-state index contributed by atoms with van der Waals surface area (Å²) in [6.07, 6.45) is 0.880. The fourth-order valence-corrected chi connectivity index (χ4v) is 10.3. The van der Waals surface area contributed by atoms with E-state index in [1.54, 1.807) is 40.1 Å². The minimum Gasteiger partial charge on any atom is -0.432 e. The van der Waals surface area contributed by atoms with Crippen molar-refractivity contribution in [3.05, 3.63) is 95.6 Å². The van der Waals surface area contributed by atoms with Gasteiger partial charge in [0.25, 0.3) is 11.8 Å². The van der Waals surface area contributed by atoms with Crippen molar-refractivity contribution in [2.45, 2.75) is 69.1 Å². The Kier molecular flexibility index (Phi) is 8.42. The van der Waals surface area contributed by atoms with Crippen molar-refractivity contribution in [2.24, 2.45) is 5.92 Å². The predicted molar refractivity (Wildman–Crippen MR) is 174 cm³/mol. The van der Waals surface area contributed by atoms with Gasteiger partial charge in [-0.25, -0.2) is 0 Å². The third-order valence-electron chi connectivity index (χ3n) is 9.75. The molecular formula is C35H41N3O6Si. The van der Waals surface area contributed by atoms with Crippen LogP contribution < -0.4 is 10.2 Å². The number of benzene rings is 3. The SMILES string of the molecule is C[C@@H]1[C@@H]([Si](C)(C)O)[C@H](CC(=O)N2CCC[C@H]2CO)O[C@@]12C(=O)N(Cc1ccccc1)c1ccc(NC(=O)c3ccccc3)cc12. The topological polar surface area (TPSA) is 119 Å². The third kappa shape index (κ3) is 5.61. The second kappa shape index (κ2) is 12.2. The number of aliphatic hydroxyl groups excluding tert-OH is 1. The van der Waals surface area contributed by atoms with Crippen molar-refractivity contribution in [1.29, 1.82) is 0 Å². The van der Waals surface area contributed by atoms with E-state index in [1.807, 2.05) is 68.5 Å². The number of ether oxygens (including phenoxy) is 1. The Labute approximate surface area is 264 Å². The molecule has 0 aliphatic carbocycles. The van der Waals surface area contributed by atoms with Gasteiger partial charge in [-0.2, -0.15) is 0 Å².